The number of rotatable bonds is 5. The highest BCUT2D eigenvalue weighted by Gasteiger charge is 2.12. The van der Waals surface area contributed by atoms with Gasteiger partial charge in [0.1, 0.15) is 11.4 Å². The van der Waals surface area contributed by atoms with Crippen molar-refractivity contribution in [2.24, 2.45) is 5.92 Å². The average molecular weight is 311 g/mol. The van der Waals surface area contributed by atoms with E-state index < -0.39 is 0 Å². The van der Waals surface area contributed by atoms with Crippen molar-refractivity contribution in [1.82, 2.24) is 10.3 Å². The Balaban J connectivity index is 2.07. The summed E-state index contributed by atoms with van der Waals surface area (Å²) in [6.45, 7) is 6.57. The standard InChI is InChI=1S/C18H21N3O2/c1-12(2)11-19-17(22)15-5-4-6-16(21-15)18(23)20-14-9-7-13(3)8-10-14/h4-10,12H,11H2,1-3H3,(H,19,22)(H,20,23). The number of hydrogen-bond donors (Lipinski definition) is 2. The van der Waals surface area contributed by atoms with E-state index in [4.69, 9.17) is 0 Å². The number of pyridine rings is 1. The Bertz CT molecular complexity index is 694. The van der Waals surface area contributed by atoms with E-state index in [1.165, 1.54) is 0 Å². The predicted molar refractivity (Wildman–Crippen MR) is 90.5 cm³/mol. The van der Waals surface area contributed by atoms with Crippen molar-refractivity contribution >= 4 is 17.5 Å². The molecular formula is C18H21N3O2. The Kier molecular flexibility index (Phi) is 5.46. The third-order valence-corrected chi connectivity index (χ3v) is 3.19. The molecule has 1 aromatic carbocycles. The number of anilines is 1. The second-order valence-electron chi connectivity index (χ2n) is 5.83. The van der Waals surface area contributed by atoms with Gasteiger partial charge in [0.2, 0.25) is 0 Å². The minimum absolute atomic E-state index is 0.211. The fourth-order valence-electron chi connectivity index (χ4n) is 1.91. The van der Waals surface area contributed by atoms with E-state index in [1.54, 1.807) is 18.2 Å². The van der Waals surface area contributed by atoms with Crippen LogP contribution in [0.25, 0.3) is 0 Å². The fraction of sp³-hybridized carbons (Fsp3) is 0.278. The molecule has 0 fully saturated rings. The Hall–Kier alpha value is -2.69. The molecule has 0 unspecified atom stereocenters. The summed E-state index contributed by atoms with van der Waals surface area (Å²) >= 11 is 0. The summed E-state index contributed by atoms with van der Waals surface area (Å²) in [4.78, 5) is 28.4. The van der Waals surface area contributed by atoms with Crippen LogP contribution in [0.3, 0.4) is 0 Å². The van der Waals surface area contributed by atoms with Gasteiger partial charge in [0.15, 0.2) is 0 Å². The zero-order valence-electron chi connectivity index (χ0n) is 13.6. The molecule has 0 saturated heterocycles. The maximum absolute atomic E-state index is 12.2. The van der Waals surface area contributed by atoms with Crippen LogP contribution < -0.4 is 10.6 Å². The Morgan fingerprint density at radius 1 is 1.00 bits per heavy atom. The Labute approximate surface area is 136 Å². The van der Waals surface area contributed by atoms with Crippen LogP contribution in [0.4, 0.5) is 5.69 Å². The highest BCUT2D eigenvalue weighted by Crippen LogP contribution is 2.10. The first-order chi connectivity index (χ1) is 11.0. The lowest BCUT2D eigenvalue weighted by atomic mass is 10.2. The van der Waals surface area contributed by atoms with Crippen LogP contribution in [0.15, 0.2) is 42.5 Å². The number of aryl methyl sites for hydroxylation is 1. The van der Waals surface area contributed by atoms with E-state index >= 15 is 0 Å². The monoisotopic (exact) mass is 311 g/mol. The van der Waals surface area contributed by atoms with E-state index in [-0.39, 0.29) is 23.2 Å². The van der Waals surface area contributed by atoms with Crippen molar-refractivity contribution in [2.45, 2.75) is 20.8 Å². The third kappa shape index (κ3) is 4.92. The summed E-state index contributed by atoms with van der Waals surface area (Å²) < 4.78 is 0. The largest absolute Gasteiger partial charge is 0.350 e. The molecule has 0 aliphatic rings. The number of benzene rings is 1. The number of aromatic nitrogens is 1. The molecule has 2 amide bonds. The molecule has 5 heteroatoms. The van der Waals surface area contributed by atoms with E-state index in [1.807, 2.05) is 45.0 Å². The van der Waals surface area contributed by atoms with Crippen molar-refractivity contribution in [3.63, 3.8) is 0 Å². The highest BCUT2D eigenvalue weighted by molar-refractivity contribution is 6.03. The van der Waals surface area contributed by atoms with Crippen LogP contribution in [-0.2, 0) is 0 Å². The first-order valence-corrected chi connectivity index (χ1v) is 7.59. The lowest BCUT2D eigenvalue weighted by Gasteiger charge is -2.08. The molecule has 120 valence electrons. The zero-order chi connectivity index (χ0) is 16.8. The molecule has 2 aromatic rings. The first kappa shape index (κ1) is 16.7. The first-order valence-electron chi connectivity index (χ1n) is 7.59. The normalized spacial score (nSPS) is 10.4. The molecule has 2 N–H and O–H groups in total. The molecular weight excluding hydrogens is 290 g/mol. The number of carbonyl (C=O) groups is 2. The van der Waals surface area contributed by atoms with Crippen LogP contribution in [0, 0.1) is 12.8 Å². The summed E-state index contributed by atoms with van der Waals surface area (Å²) in [7, 11) is 0. The number of nitrogens with one attached hydrogen (secondary N) is 2. The summed E-state index contributed by atoms with van der Waals surface area (Å²) in [6, 6.07) is 12.3. The summed E-state index contributed by atoms with van der Waals surface area (Å²) in [6.07, 6.45) is 0. The molecule has 2 rings (SSSR count). The minimum Gasteiger partial charge on any atom is -0.350 e. The fourth-order valence-corrected chi connectivity index (χ4v) is 1.91. The van der Waals surface area contributed by atoms with E-state index in [0.717, 1.165) is 5.56 Å². The Morgan fingerprint density at radius 2 is 1.61 bits per heavy atom. The molecule has 0 bridgehead atoms. The molecule has 0 aliphatic heterocycles. The minimum atomic E-state index is -0.340. The molecule has 0 atom stereocenters. The van der Waals surface area contributed by atoms with Gasteiger partial charge in [0.05, 0.1) is 0 Å². The van der Waals surface area contributed by atoms with E-state index in [0.29, 0.717) is 18.2 Å². The Morgan fingerprint density at radius 3 is 2.22 bits per heavy atom. The van der Waals surface area contributed by atoms with Gasteiger partial charge in [-0.25, -0.2) is 4.98 Å². The van der Waals surface area contributed by atoms with Gasteiger partial charge in [0, 0.05) is 12.2 Å². The maximum Gasteiger partial charge on any atom is 0.274 e. The van der Waals surface area contributed by atoms with Gasteiger partial charge < -0.3 is 10.6 Å². The maximum atomic E-state index is 12.2. The van der Waals surface area contributed by atoms with Gasteiger partial charge in [-0.15, -0.1) is 0 Å². The summed E-state index contributed by atoms with van der Waals surface area (Å²) in [5.74, 6) is -0.261. The van der Waals surface area contributed by atoms with Gasteiger partial charge in [0.25, 0.3) is 11.8 Å². The van der Waals surface area contributed by atoms with Gasteiger partial charge >= 0.3 is 0 Å². The molecule has 0 spiro atoms. The number of hydrogen-bond acceptors (Lipinski definition) is 3. The van der Waals surface area contributed by atoms with Crippen LogP contribution >= 0.6 is 0 Å². The van der Waals surface area contributed by atoms with Gasteiger partial charge in [-0.2, -0.15) is 0 Å². The second-order valence-corrected chi connectivity index (χ2v) is 5.83. The van der Waals surface area contributed by atoms with Gasteiger partial charge in [-0.1, -0.05) is 37.6 Å². The smallest absolute Gasteiger partial charge is 0.274 e. The van der Waals surface area contributed by atoms with Crippen LogP contribution in [-0.4, -0.2) is 23.3 Å². The van der Waals surface area contributed by atoms with E-state index in [9.17, 15) is 9.59 Å². The van der Waals surface area contributed by atoms with Crippen LogP contribution in [0.2, 0.25) is 0 Å². The second kappa shape index (κ2) is 7.54. The van der Waals surface area contributed by atoms with Crippen molar-refractivity contribution in [2.75, 3.05) is 11.9 Å². The summed E-state index contributed by atoms with van der Waals surface area (Å²) in [5.41, 5.74) is 2.26. The van der Waals surface area contributed by atoms with Crippen molar-refractivity contribution in [3.05, 3.63) is 59.4 Å². The number of nitrogens with zero attached hydrogens (tertiary/aromatic N) is 1. The SMILES string of the molecule is Cc1ccc(NC(=O)c2cccc(C(=O)NCC(C)C)n2)cc1. The van der Waals surface area contributed by atoms with Crippen LogP contribution in [0.1, 0.15) is 40.4 Å². The third-order valence-electron chi connectivity index (χ3n) is 3.19. The average Bonchev–Trinajstić information content (AvgIpc) is 2.54. The van der Waals surface area contributed by atoms with Crippen molar-refractivity contribution in [1.29, 1.82) is 0 Å². The van der Waals surface area contributed by atoms with Crippen LogP contribution in [0.5, 0.6) is 0 Å². The summed E-state index contributed by atoms with van der Waals surface area (Å²) in [5, 5.41) is 5.56. The lowest BCUT2D eigenvalue weighted by Crippen LogP contribution is -2.28. The molecule has 0 saturated carbocycles. The lowest BCUT2D eigenvalue weighted by molar-refractivity contribution is 0.0944. The molecule has 1 aromatic heterocycles. The van der Waals surface area contributed by atoms with E-state index in [2.05, 4.69) is 15.6 Å². The highest BCUT2D eigenvalue weighted by atomic mass is 16.2. The quantitative estimate of drug-likeness (QED) is 0.891. The molecule has 0 aliphatic carbocycles. The number of carbonyl (C=O) groups excluding carboxylic acids is 2. The van der Waals surface area contributed by atoms with Crippen molar-refractivity contribution in [3.8, 4) is 0 Å². The molecule has 1 heterocycles. The molecule has 23 heavy (non-hydrogen) atoms. The predicted octanol–water partition coefficient (Wildman–Crippen LogP) is 3.03. The number of amides is 2. The van der Waals surface area contributed by atoms with Gasteiger partial charge in [-0.3, -0.25) is 9.59 Å². The zero-order valence-corrected chi connectivity index (χ0v) is 13.6. The molecule has 0 radical (unpaired) electrons. The van der Waals surface area contributed by atoms with Crippen molar-refractivity contribution < 1.29 is 9.59 Å². The van der Waals surface area contributed by atoms with Gasteiger partial charge in [-0.05, 0) is 37.1 Å². The topological polar surface area (TPSA) is 71.1 Å². The molecule has 5 nitrogen and oxygen atoms in total.